The van der Waals surface area contributed by atoms with E-state index in [9.17, 15) is 19.2 Å². The molecular weight excluding hydrogens is 220 g/mol. The topological polar surface area (TPSA) is 149 Å². The minimum absolute atomic E-state index is 0.283. The number of rotatable bonds is 1. The number of hydrogen-bond donors (Lipinski definition) is 4. The number of carbonyl (C=O) groups is 1. The summed E-state index contributed by atoms with van der Waals surface area (Å²) in [7, 11) is 0. The van der Waals surface area contributed by atoms with Crippen LogP contribution in [0.5, 0.6) is 0 Å². The van der Waals surface area contributed by atoms with E-state index in [0.717, 1.165) is 0 Å². The number of nitrogens with zero attached hydrogens (tertiary/aromatic N) is 1. The van der Waals surface area contributed by atoms with Gasteiger partial charge >= 0.3 is 11.7 Å². The molecule has 2 aromatic rings. The molecule has 0 spiro atoms. The summed E-state index contributed by atoms with van der Waals surface area (Å²) in [6, 6.07) is 0. The first-order valence-electron chi connectivity index (χ1n) is 3.99. The van der Waals surface area contributed by atoms with Gasteiger partial charge in [-0.15, -0.1) is 0 Å². The zero-order valence-corrected chi connectivity index (χ0v) is 7.53. The van der Waals surface area contributed by atoms with Crippen LogP contribution < -0.4 is 16.8 Å². The van der Waals surface area contributed by atoms with Gasteiger partial charge in [-0.1, -0.05) is 0 Å². The second-order valence-electron chi connectivity index (χ2n) is 2.85. The van der Waals surface area contributed by atoms with E-state index >= 15 is 0 Å². The second-order valence-corrected chi connectivity index (χ2v) is 2.85. The minimum atomic E-state index is -1.55. The van der Waals surface area contributed by atoms with Crippen molar-refractivity contribution in [3.63, 3.8) is 0 Å². The van der Waals surface area contributed by atoms with Crippen molar-refractivity contribution < 1.29 is 9.90 Å². The Kier molecular flexibility index (Phi) is 1.94. The summed E-state index contributed by atoms with van der Waals surface area (Å²) in [4.78, 5) is 53.2. The van der Waals surface area contributed by atoms with E-state index < -0.39 is 28.5 Å². The van der Waals surface area contributed by atoms with Gasteiger partial charge in [0.15, 0.2) is 11.2 Å². The summed E-state index contributed by atoms with van der Waals surface area (Å²) in [5.41, 5.74) is -4.07. The molecule has 0 atom stereocenters. The fourth-order valence-corrected chi connectivity index (χ4v) is 1.15. The Labute approximate surface area is 84.8 Å². The summed E-state index contributed by atoms with van der Waals surface area (Å²) >= 11 is 0. The number of carboxylic acid groups (broad SMARTS) is 1. The largest absolute Gasteiger partial charge is 0.476 e. The number of carboxylic acids is 1. The Morgan fingerprint density at radius 2 is 1.75 bits per heavy atom. The first kappa shape index (κ1) is 9.83. The van der Waals surface area contributed by atoms with E-state index in [4.69, 9.17) is 5.11 Å². The van der Waals surface area contributed by atoms with Crippen LogP contribution in [0, 0.1) is 0 Å². The van der Waals surface area contributed by atoms with Gasteiger partial charge in [0, 0.05) is 0 Å². The SMILES string of the molecule is O=C(O)c1nc2[nH]c(=O)[nH]c(=O)c2[nH]c1=O. The highest BCUT2D eigenvalue weighted by molar-refractivity contribution is 5.86. The molecule has 0 bridgehead atoms. The Hall–Kier alpha value is -2.71. The lowest BCUT2D eigenvalue weighted by atomic mass is 10.4. The number of fused-ring (bicyclic) bond motifs is 1. The van der Waals surface area contributed by atoms with Crippen LogP contribution in [0.15, 0.2) is 14.4 Å². The predicted octanol–water partition coefficient (Wildman–Crippen LogP) is -2.00. The van der Waals surface area contributed by atoms with E-state index in [0.29, 0.717) is 0 Å². The van der Waals surface area contributed by atoms with Gasteiger partial charge in [0.2, 0.25) is 5.69 Å². The van der Waals surface area contributed by atoms with Crippen molar-refractivity contribution in [1.82, 2.24) is 19.9 Å². The van der Waals surface area contributed by atoms with Crippen LogP contribution in [0.25, 0.3) is 11.2 Å². The van der Waals surface area contributed by atoms with E-state index in [1.54, 1.807) is 0 Å². The molecule has 0 unspecified atom stereocenters. The summed E-state index contributed by atoms with van der Waals surface area (Å²) < 4.78 is 0. The Morgan fingerprint density at radius 1 is 1.06 bits per heavy atom. The molecule has 0 fully saturated rings. The molecule has 0 aliphatic rings. The van der Waals surface area contributed by atoms with Crippen LogP contribution in [0.3, 0.4) is 0 Å². The molecule has 0 amide bonds. The number of aromatic amines is 3. The van der Waals surface area contributed by atoms with Crippen molar-refractivity contribution >= 4 is 17.1 Å². The van der Waals surface area contributed by atoms with Gasteiger partial charge in [0.1, 0.15) is 0 Å². The van der Waals surface area contributed by atoms with Crippen LogP contribution >= 0.6 is 0 Å². The first-order valence-corrected chi connectivity index (χ1v) is 3.99. The highest BCUT2D eigenvalue weighted by Gasteiger charge is 2.13. The lowest BCUT2D eigenvalue weighted by molar-refractivity contribution is 0.0688. The lowest BCUT2D eigenvalue weighted by Gasteiger charge is -1.96. The van der Waals surface area contributed by atoms with E-state index in [1.807, 2.05) is 9.97 Å². The quantitative estimate of drug-likeness (QED) is 0.440. The molecule has 82 valence electrons. The highest BCUT2D eigenvalue weighted by atomic mass is 16.4. The lowest BCUT2D eigenvalue weighted by Crippen LogP contribution is -2.28. The molecular formula is C7H4N4O5. The van der Waals surface area contributed by atoms with Crippen LogP contribution in [0.2, 0.25) is 0 Å². The zero-order chi connectivity index (χ0) is 11.9. The summed E-state index contributed by atoms with van der Waals surface area (Å²) in [6.45, 7) is 0. The molecule has 9 heteroatoms. The van der Waals surface area contributed by atoms with Gasteiger partial charge in [-0.05, 0) is 0 Å². The van der Waals surface area contributed by atoms with Crippen molar-refractivity contribution in [2.45, 2.75) is 0 Å². The number of aromatic nitrogens is 4. The molecule has 0 radical (unpaired) electrons. The van der Waals surface area contributed by atoms with Crippen molar-refractivity contribution in [3.05, 3.63) is 36.9 Å². The predicted molar refractivity (Wildman–Crippen MR) is 50.6 cm³/mol. The van der Waals surface area contributed by atoms with E-state index in [-0.39, 0.29) is 11.2 Å². The fraction of sp³-hybridized carbons (Fsp3) is 0. The summed E-state index contributed by atoms with van der Waals surface area (Å²) in [5.74, 6) is -1.55. The highest BCUT2D eigenvalue weighted by Crippen LogP contribution is 1.94. The number of nitrogens with one attached hydrogen (secondary N) is 3. The van der Waals surface area contributed by atoms with Crippen LogP contribution in [0.1, 0.15) is 10.5 Å². The molecule has 2 aromatic heterocycles. The van der Waals surface area contributed by atoms with Gasteiger partial charge < -0.3 is 10.1 Å². The van der Waals surface area contributed by atoms with Crippen LogP contribution in [-0.4, -0.2) is 31.0 Å². The van der Waals surface area contributed by atoms with E-state index in [1.165, 1.54) is 0 Å². The fourth-order valence-electron chi connectivity index (χ4n) is 1.15. The number of aromatic carboxylic acids is 1. The number of hydrogen-bond acceptors (Lipinski definition) is 5. The molecule has 2 heterocycles. The van der Waals surface area contributed by atoms with Gasteiger partial charge in [-0.2, -0.15) is 0 Å². The van der Waals surface area contributed by atoms with E-state index in [2.05, 4.69) is 9.97 Å². The molecule has 0 aliphatic carbocycles. The third-order valence-electron chi connectivity index (χ3n) is 1.80. The van der Waals surface area contributed by atoms with Gasteiger partial charge in [0.05, 0.1) is 0 Å². The maximum atomic E-state index is 11.2. The Bertz CT molecular complexity index is 752. The van der Waals surface area contributed by atoms with Crippen molar-refractivity contribution in [1.29, 1.82) is 0 Å². The molecule has 2 rings (SSSR count). The standard InChI is InChI=1S/C7H4N4O5/c12-4-1-3(10-7(16)11-4)8-2(6(14)15)5(13)9-1/h(H,9,13)(H,14,15)(H2,8,10,11,12,16). The van der Waals surface area contributed by atoms with Crippen molar-refractivity contribution in [2.24, 2.45) is 0 Å². The van der Waals surface area contributed by atoms with Crippen molar-refractivity contribution in [2.75, 3.05) is 0 Å². The molecule has 16 heavy (non-hydrogen) atoms. The molecule has 0 saturated heterocycles. The summed E-state index contributed by atoms with van der Waals surface area (Å²) in [5, 5.41) is 8.60. The molecule has 0 aliphatic heterocycles. The van der Waals surface area contributed by atoms with Gasteiger partial charge in [-0.25, -0.2) is 14.6 Å². The monoisotopic (exact) mass is 224 g/mol. The summed E-state index contributed by atoms with van der Waals surface area (Å²) in [6.07, 6.45) is 0. The smallest absolute Gasteiger partial charge is 0.360 e. The van der Waals surface area contributed by atoms with Crippen molar-refractivity contribution in [3.8, 4) is 0 Å². The Morgan fingerprint density at radius 3 is 2.38 bits per heavy atom. The normalized spacial score (nSPS) is 10.5. The molecule has 4 N–H and O–H groups in total. The molecule has 9 nitrogen and oxygen atoms in total. The van der Waals surface area contributed by atoms with Gasteiger partial charge in [-0.3, -0.25) is 19.6 Å². The number of H-pyrrole nitrogens is 3. The average Bonchev–Trinajstić information content (AvgIpc) is 2.18. The third-order valence-corrected chi connectivity index (χ3v) is 1.80. The minimum Gasteiger partial charge on any atom is -0.476 e. The Balaban J connectivity index is 3.01. The van der Waals surface area contributed by atoms with Gasteiger partial charge in [0.25, 0.3) is 11.1 Å². The second kappa shape index (κ2) is 3.15. The zero-order valence-electron chi connectivity index (χ0n) is 7.53. The average molecular weight is 224 g/mol. The van der Waals surface area contributed by atoms with Crippen LogP contribution in [0.4, 0.5) is 0 Å². The third kappa shape index (κ3) is 1.39. The first-order chi connectivity index (χ1) is 7.49. The van der Waals surface area contributed by atoms with Crippen LogP contribution in [-0.2, 0) is 0 Å². The maximum Gasteiger partial charge on any atom is 0.360 e. The maximum absolute atomic E-state index is 11.2. The molecule has 0 aromatic carbocycles. The molecule has 0 saturated carbocycles.